The van der Waals surface area contributed by atoms with Crippen LogP contribution in [0, 0.1) is 5.92 Å². The van der Waals surface area contributed by atoms with Crippen LogP contribution in [0.5, 0.6) is 0 Å². The molecule has 1 saturated carbocycles. The lowest BCUT2D eigenvalue weighted by Gasteiger charge is -2.36. The van der Waals surface area contributed by atoms with Gasteiger partial charge in [-0.15, -0.1) is 0 Å². The van der Waals surface area contributed by atoms with Crippen molar-refractivity contribution in [1.29, 1.82) is 0 Å². The quantitative estimate of drug-likeness (QED) is 0.854. The molecule has 5 atom stereocenters. The first-order valence-corrected chi connectivity index (χ1v) is 9.07. The van der Waals surface area contributed by atoms with Gasteiger partial charge in [0.2, 0.25) is 0 Å². The molecule has 22 heavy (non-hydrogen) atoms. The third kappa shape index (κ3) is 2.79. The fourth-order valence-corrected chi connectivity index (χ4v) is 5.26. The summed E-state index contributed by atoms with van der Waals surface area (Å²) in [6, 6.07) is 0.276. The van der Waals surface area contributed by atoms with E-state index >= 15 is 0 Å². The number of carboxylic acids is 1. The minimum absolute atomic E-state index is 0.245. The van der Waals surface area contributed by atoms with Gasteiger partial charge in [-0.1, -0.05) is 12.8 Å². The average Bonchev–Trinajstić information content (AvgIpc) is 3.05. The first-order chi connectivity index (χ1) is 10.7. The summed E-state index contributed by atoms with van der Waals surface area (Å²) in [6.45, 7) is 3.99. The van der Waals surface area contributed by atoms with E-state index < -0.39 is 5.97 Å². The minimum atomic E-state index is -0.614. The van der Waals surface area contributed by atoms with Gasteiger partial charge in [-0.2, -0.15) is 0 Å². The third-order valence-electron chi connectivity index (χ3n) is 6.30. The minimum Gasteiger partial charge on any atom is -0.480 e. The maximum Gasteiger partial charge on any atom is 0.320 e. The van der Waals surface area contributed by atoms with Crippen molar-refractivity contribution in [2.24, 2.45) is 5.92 Å². The van der Waals surface area contributed by atoms with Crippen molar-refractivity contribution in [2.45, 2.75) is 69.2 Å². The molecular weight excluding hydrogens is 280 g/mol. The smallest absolute Gasteiger partial charge is 0.320 e. The van der Waals surface area contributed by atoms with Crippen molar-refractivity contribution in [3.63, 3.8) is 0 Å². The van der Waals surface area contributed by atoms with Gasteiger partial charge in [0.25, 0.3) is 0 Å². The van der Waals surface area contributed by atoms with Gasteiger partial charge < -0.3 is 9.84 Å². The number of rotatable bonds is 4. The second-order valence-corrected chi connectivity index (χ2v) is 7.66. The predicted molar refractivity (Wildman–Crippen MR) is 82.8 cm³/mol. The zero-order chi connectivity index (χ0) is 15.1. The van der Waals surface area contributed by atoms with Crippen molar-refractivity contribution in [2.75, 3.05) is 26.2 Å². The summed E-state index contributed by atoms with van der Waals surface area (Å²) >= 11 is 0. The van der Waals surface area contributed by atoms with Gasteiger partial charge in [-0.3, -0.25) is 14.6 Å². The normalized spacial score (nSPS) is 42.5. The largest absolute Gasteiger partial charge is 0.480 e. The molecule has 0 radical (unpaired) electrons. The molecule has 4 rings (SSSR count). The Morgan fingerprint density at radius 1 is 1.05 bits per heavy atom. The van der Waals surface area contributed by atoms with E-state index in [1.807, 2.05) is 0 Å². The number of carboxylic acid groups (broad SMARTS) is 1. The Bertz CT molecular complexity index is 418. The fraction of sp³-hybridized carbons (Fsp3) is 0.941. The number of carbonyl (C=O) groups is 1. The Balaban J connectivity index is 1.38. The average molecular weight is 308 g/mol. The number of hydrogen-bond acceptors (Lipinski definition) is 4. The van der Waals surface area contributed by atoms with Gasteiger partial charge in [-0.05, 0) is 38.0 Å². The van der Waals surface area contributed by atoms with E-state index in [2.05, 4.69) is 9.80 Å². The lowest BCUT2D eigenvalue weighted by Crippen LogP contribution is -2.49. The maximum absolute atomic E-state index is 11.6. The second kappa shape index (κ2) is 6.10. The molecule has 5 unspecified atom stereocenters. The number of ether oxygens (including phenoxy) is 1. The van der Waals surface area contributed by atoms with Crippen LogP contribution in [0.25, 0.3) is 0 Å². The molecule has 0 amide bonds. The van der Waals surface area contributed by atoms with Crippen molar-refractivity contribution in [3.8, 4) is 0 Å². The second-order valence-electron chi connectivity index (χ2n) is 7.66. The molecule has 0 aromatic rings. The summed E-state index contributed by atoms with van der Waals surface area (Å²) in [4.78, 5) is 16.5. The molecule has 0 aromatic heterocycles. The number of morpholine rings is 1. The SMILES string of the molecule is O=C(O)C1CC2CCCCC2N1CCN1CC2CCC(C1)O2. The zero-order valence-corrected chi connectivity index (χ0v) is 13.3. The van der Waals surface area contributed by atoms with Gasteiger partial charge in [0.05, 0.1) is 12.2 Å². The topological polar surface area (TPSA) is 53.0 Å². The van der Waals surface area contributed by atoms with Crippen molar-refractivity contribution >= 4 is 5.97 Å². The molecule has 1 aliphatic carbocycles. The van der Waals surface area contributed by atoms with Gasteiger partial charge in [-0.25, -0.2) is 0 Å². The van der Waals surface area contributed by atoms with E-state index in [1.165, 1.54) is 38.5 Å². The standard InChI is InChI=1S/C17H28N2O3/c20-17(21)16-9-12-3-1-2-4-15(12)19(16)8-7-18-10-13-5-6-14(11-18)22-13/h12-16H,1-11H2,(H,20,21). The van der Waals surface area contributed by atoms with Gasteiger partial charge in [0.15, 0.2) is 0 Å². The lowest BCUT2D eigenvalue weighted by atomic mass is 9.85. The summed E-state index contributed by atoms with van der Waals surface area (Å²) in [6.07, 6.45) is 9.11. The summed E-state index contributed by atoms with van der Waals surface area (Å²) in [7, 11) is 0. The number of hydrogen-bond donors (Lipinski definition) is 1. The molecule has 4 fully saturated rings. The fourth-order valence-electron chi connectivity index (χ4n) is 5.26. The predicted octanol–water partition coefficient (Wildman–Crippen LogP) is 1.57. The molecule has 0 aromatic carbocycles. The molecule has 124 valence electrons. The van der Waals surface area contributed by atoms with E-state index in [-0.39, 0.29) is 6.04 Å². The highest BCUT2D eigenvalue weighted by Gasteiger charge is 2.45. The van der Waals surface area contributed by atoms with Crippen molar-refractivity contribution < 1.29 is 14.6 Å². The van der Waals surface area contributed by atoms with E-state index in [9.17, 15) is 9.90 Å². The Morgan fingerprint density at radius 3 is 2.50 bits per heavy atom. The van der Waals surface area contributed by atoms with Crippen LogP contribution >= 0.6 is 0 Å². The van der Waals surface area contributed by atoms with Crippen molar-refractivity contribution in [1.82, 2.24) is 9.80 Å². The Hall–Kier alpha value is -0.650. The van der Waals surface area contributed by atoms with Crippen LogP contribution in [-0.4, -0.2) is 71.3 Å². The Kier molecular flexibility index (Phi) is 4.13. The van der Waals surface area contributed by atoms with Gasteiger partial charge in [0.1, 0.15) is 6.04 Å². The van der Waals surface area contributed by atoms with E-state index in [4.69, 9.17) is 4.74 Å². The van der Waals surface area contributed by atoms with Crippen LogP contribution in [0.15, 0.2) is 0 Å². The van der Waals surface area contributed by atoms with Crippen LogP contribution < -0.4 is 0 Å². The number of fused-ring (bicyclic) bond motifs is 3. The number of nitrogens with zero attached hydrogens (tertiary/aromatic N) is 2. The summed E-state index contributed by atoms with van der Waals surface area (Å²) in [5.74, 6) is 0.00664. The van der Waals surface area contributed by atoms with Crippen LogP contribution in [0.2, 0.25) is 0 Å². The summed E-state index contributed by atoms with van der Waals surface area (Å²) in [5, 5.41) is 9.59. The van der Waals surface area contributed by atoms with E-state index in [0.717, 1.165) is 32.6 Å². The monoisotopic (exact) mass is 308 g/mol. The van der Waals surface area contributed by atoms with Crippen LogP contribution in [0.1, 0.15) is 44.9 Å². The maximum atomic E-state index is 11.6. The Labute approximate surface area is 132 Å². The van der Waals surface area contributed by atoms with E-state index in [1.54, 1.807) is 0 Å². The van der Waals surface area contributed by atoms with Crippen molar-refractivity contribution in [3.05, 3.63) is 0 Å². The molecule has 1 N–H and O–H groups in total. The molecule has 3 aliphatic heterocycles. The molecule has 5 heteroatoms. The highest BCUT2D eigenvalue weighted by atomic mass is 16.5. The number of aliphatic carboxylic acids is 1. The first kappa shape index (κ1) is 14.9. The summed E-state index contributed by atoms with van der Waals surface area (Å²) < 4.78 is 5.90. The molecule has 3 heterocycles. The van der Waals surface area contributed by atoms with Crippen LogP contribution in [0.3, 0.4) is 0 Å². The Morgan fingerprint density at radius 2 is 1.77 bits per heavy atom. The zero-order valence-electron chi connectivity index (χ0n) is 13.3. The van der Waals surface area contributed by atoms with E-state index in [0.29, 0.717) is 24.2 Å². The first-order valence-electron chi connectivity index (χ1n) is 9.07. The van der Waals surface area contributed by atoms with Gasteiger partial charge in [0, 0.05) is 32.2 Å². The van der Waals surface area contributed by atoms with Crippen LogP contribution in [-0.2, 0) is 9.53 Å². The molecule has 0 spiro atoms. The third-order valence-corrected chi connectivity index (χ3v) is 6.30. The number of likely N-dealkylation sites (tertiary alicyclic amines) is 2. The molecule has 3 saturated heterocycles. The highest BCUT2D eigenvalue weighted by Crippen LogP contribution is 2.39. The van der Waals surface area contributed by atoms with Crippen LogP contribution in [0.4, 0.5) is 0 Å². The summed E-state index contributed by atoms with van der Waals surface area (Å²) in [5.41, 5.74) is 0. The lowest BCUT2D eigenvalue weighted by molar-refractivity contribution is -0.142. The molecule has 5 nitrogen and oxygen atoms in total. The van der Waals surface area contributed by atoms with Gasteiger partial charge >= 0.3 is 5.97 Å². The molecule has 4 aliphatic rings. The highest BCUT2D eigenvalue weighted by molar-refractivity contribution is 5.74. The molecular formula is C17H28N2O3. The molecule has 2 bridgehead atoms.